The molecule has 1 atom stereocenters. The molecular weight excluding hydrogens is 158 g/mol. The van der Waals surface area contributed by atoms with Crippen LogP contribution in [0.1, 0.15) is 22.7 Å². The average Bonchev–Trinajstić information content (AvgIpc) is 2.04. The van der Waals surface area contributed by atoms with Gasteiger partial charge in [-0.05, 0) is 26.5 Å². The zero-order valence-electron chi connectivity index (χ0n) is 8.59. The van der Waals surface area contributed by atoms with Crippen molar-refractivity contribution in [2.24, 2.45) is 0 Å². The minimum atomic E-state index is 0.263. The highest BCUT2D eigenvalue weighted by Crippen LogP contribution is 2.17. The Labute approximate surface area is 80.5 Å². The molecule has 1 heteroatoms. The topological polar surface area (TPSA) is 12.0 Å². The van der Waals surface area contributed by atoms with Crippen LogP contribution in [0.4, 0.5) is 0 Å². The van der Waals surface area contributed by atoms with E-state index >= 15 is 0 Å². The fraction of sp³-hybridized carbons (Fsp3) is 0.333. The highest BCUT2D eigenvalue weighted by Gasteiger charge is 2.04. The van der Waals surface area contributed by atoms with E-state index in [1.165, 1.54) is 16.7 Å². The molecule has 0 aromatic heterocycles. The summed E-state index contributed by atoms with van der Waals surface area (Å²) in [7, 11) is 1.95. The molecule has 0 aliphatic heterocycles. The molecule has 0 bridgehead atoms. The number of rotatable bonds is 3. The third kappa shape index (κ3) is 2.43. The van der Waals surface area contributed by atoms with Crippen molar-refractivity contribution >= 4 is 0 Å². The van der Waals surface area contributed by atoms with Gasteiger partial charge in [0.25, 0.3) is 0 Å². The van der Waals surface area contributed by atoms with E-state index in [0.717, 1.165) is 0 Å². The summed E-state index contributed by atoms with van der Waals surface area (Å²) in [5, 5.41) is 3.20. The first-order valence-corrected chi connectivity index (χ1v) is 4.55. The number of hydrogen-bond donors (Lipinski definition) is 1. The SMILES string of the molecule is C=CC(NC)c1cc(C)cc(C)c1. The standard InChI is InChI=1S/C12H17N/c1-5-12(13-4)11-7-9(2)6-10(3)8-11/h5-8,12-13H,1H2,2-4H3. The van der Waals surface area contributed by atoms with E-state index < -0.39 is 0 Å². The minimum absolute atomic E-state index is 0.263. The lowest BCUT2D eigenvalue weighted by molar-refractivity contribution is 0.715. The van der Waals surface area contributed by atoms with Gasteiger partial charge in [0, 0.05) is 0 Å². The summed E-state index contributed by atoms with van der Waals surface area (Å²) in [4.78, 5) is 0. The van der Waals surface area contributed by atoms with Crippen LogP contribution in [0, 0.1) is 13.8 Å². The van der Waals surface area contributed by atoms with E-state index in [1.807, 2.05) is 13.1 Å². The zero-order valence-corrected chi connectivity index (χ0v) is 8.59. The Morgan fingerprint density at radius 2 is 1.77 bits per heavy atom. The summed E-state index contributed by atoms with van der Waals surface area (Å²) in [6.45, 7) is 8.04. The number of aryl methyl sites for hydroxylation is 2. The Morgan fingerprint density at radius 3 is 2.15 bits per heavy atom. The molecule has 0 amide bonds. The molecule has 13 heavy (non-hydrogen) atoms. The second-order valence-electron chi connectivity index (χ2n) is 3.42. The molecule has 1 N–H and O–H groups in total. The highest BCUT2D eigenvalue weighted by atomic mass is 14.9. The molecule has 0 saturated carbocycles. The van der Waals surface area contributed by atoms with E-state index in [4.69, 9.17) is 0 Å². The molecule has 0 saturated heterocycles. The fourth-order valence-electron chi connectivity index (χ4n) is 1.61. The molecule has 0 fully saturated rings. The molecule has 0 aliphatic carbocycles. The van der Waals surface area contributed by atoms with Gasteiger partial charge in [0.05, 0.1) is 6.04 Å². The summed E-state index contributed by atoms with van der Waals surface area (Å²) in [6.07, 6.45) is 1.92. The highest BCUT2D eigenvalue weighted by molar-refractivity contribution is 5.32. The van der Waals surface area contributed by atoms with Gasteiger partial charge in [-0.3, -0.25) is 0 Å². The van der Waals surface area contributed by atoms with Crippen molar-refractivity contribution in [1.82, 2.24) is 5.32 Å². The maximum atomic E-state index is 3.81. The Kier molecular flexibility index (Phi) is 3.26. The Balaban J connectivity index is 3.05. The van der Waals surface area contributed by atoms with Gasteiger partial charge in [-0.2, -0.15) is 0 Å². The molecule has 70 valence electrons. The van der Waals surface area contributed by atoms with Crippen LogP contribution in [0.2, 0.25) is 0 Å². The van der Waals surface area contributed by atoms with Gasteiger partial charge in [0.15, 0.2) is 0 Å². The van der Waals surface area contributed by atoms with Crippen molar-refractivity contribution in [3.63, 3.8) is 0 Å². The molecule has 1 rings (SSSR count). The van der Waals surface area contributed by atoms with Crippen LogP contribution < -0.4 is 5.32 Å². The second-order valence-corrected chi connectivity index (χ2v) is 3.42. The molecular formula is C12H17N. The first-order chi connectivity index (χ1) is 6.17. The van der Waals surface area contributed by atoms with E-state index in [-0.39, 0.29) is 6.04 Å². The van der Waals surface area contributed by atoms with Gasteiger partial charge in [-0.25, -0.2) is 0 Å². The van der Waals surface area contributed by atoms with Crippen LogP contribution in [0.25, 0.3) is 0 Å². The van der Waals surface area contributed by atoms with Gasteiger partial charge >= 0.3 is 0 Å². The molecule has 1 aromatic carbocycles. The van der Waals surface area contributed by atoms with Gasteiger partial charge in [-0.1, -0.05) is 35.4 Å². The lowest BCUT2D eigenvalue weighted by Gasteiger charge is -2.13. The van der Waals surface area contributed by atoms with Crippen molar-refractivity contribution in [3.05, 3.63) is 47.5 Å². The van der Waals surface area contributed by atoms with Gasteiger partial charge in [0.1, 0.15) is 0 Å². The molecule has 1 nitrogen and oxygen atoms in total. The van der Waals surface area contributed by atoms with Crippen LogP contribution in [-0.4, -0.2) is 7.05 Å². The number of benzene rings is 1. The summed E-state index contributed by atoms with van der Waals surface area (Å²) >= 11 is 0. The van der Waals surface area contributed by atoms with Crippen LogP contribution in [0.15, 0.2) is 30.9 Å². The third-order valence-electron chi connectivity index (χ3n) is 2.15. The van der Waals surface area contributed by atoms with E-state index in [2.05, 4.69) is 43.9 Å². The van der Waals surface area contributed by atoms with Gasteiger partial charge in [-0.15, -0.1) is 6.58 Å². The summed E-state index contributed by atoms with van der Waals surface area (Å²) in [5.74, 6) is 0. The van der Waals surface area contributed by atoms with Crippen LogP contribution in [0.3, 0.4) is 0 Å². The maximum Gasteiger partial charge on any atom is 0.0501 e. The van der Waals surface area contributed by atoms with Gasteiger partial charge in [0.2, 0.25) is 0 Å². The summed E-state index contributed by atoms with van der Waals surface area (Å²) in [6, 6.07) is 6.82. The Bertz CT molecular complexity index is 282. The van der Waals surface area contributed by atoms with Crippen molar-refractivity contribution < 1.29 is 0 Å². The van der Waals surface area contributed by atoms with Crippen LogP contribution in [0.5, 0.6) is 0 Å². The minimum Gasteiger partial charge on any atom is -0.310 e. The first-order valence-electron chi connectivity index (χ1n) is 4.55. The predicted molar refractivity (Wildman–Crippen MR) is 57.9 cm³/mol. The fourth-order valence-corrected chi connectivity index (χ4v) is 1.61. The van der Waals surface area contributed by atoms with Crippen molar-refractivity contribution in [2.75, 3.05) is 7.05 Å². The average molecular weight is 175 g/mol. The van der Waals surface area contributed by atoms with Gasteiger partial charge < -0.3 is 5.32 Å². The summed E-state index contributed by atoms with van der Waals surface area (Å²) < 4.78 is 0. The smallest absolute Gasteiger partial charge is 0.0501 e. The van der Waals surface area contributed by atoms with Crippen LogP contribution >= 0.6 is 0 Å². The maximum absolute atomic E-state index is 3.81. The number of nitrogens with one attached hydrogen (secondary N) is 1. The Hall–Kier alpha value is -1.08. The van der Waals surface area contributed by atoms with Crippen molar-refractivity contribution in [2.45, 2.75) is 19.9 Å². The third-order valence-corrected chi connectivity index (χ3v) is 2.15. The number of likely N-dealkylation sites (N-methyl/N-ethyl adjacent to an activating group) is 1. The molecule has 0 aliphatic rings. The molecule has 0 spiro atoms. The lowest BCUT2D eigenvalue weighted by atomic mass is 10.0. The van der Waals surface area contributed by atoms with E-state index in [1.54, 1.807) is 0 Å². The van der Waals surface area contributed by atoms with Crippen molar-refractivity contribution in [3.8, 4) is 0 Å². The molecule has 1 unspecified atom stereocenters. The first kappa shape index (κ1) is 10.0. The quantitative estimate of drug-likeness (QED) is 0.696. The largest absolute Gasteiger partial charge is 0.310 e. The predicted octanol–water partition coefficient (Wildman–Crippen LogP) is 2.75. The van der Waals surface area contributed by atoms with Crippen LogP contribution in [-0.2, 0) is 0 Å². The number of hydrogen-bond acceptors (Lipinski definition) is 1. The van der Waals surface area contributed by atoms with E-state index in [9.17, 15) is 0 Å². The normalized spacial score (nSPS) is 12.5. The lowest BCUT2D eigenvalue weighted by Crippen LogP contribution is -2.13. The molecule has 0 heterocycles. The second kappa shape index (κ2) is 4.24. The summed E-state index contributed by atoms with van der Waals surface area (Å²) in [5.41, 5.74) is 3.89. The zero-order chi connectivity index (χ0) is 9.84. The molecule has 1 aromatic rings. The molecule has 0 radical (unpaired) electrons. The van der Waals surface area contributed by atoms with Crippen molar-refractivity contribution in [1.29, 1.82) is 0 Å². The monoisotopic (exact) mass is 175 g/mol. The van der Waals surface area contributed by atoms with E-state index in [0.29, 0.717) is 0 Å². The Morgan fingerprint density at radius 1 is 1.23 bits per heavy atom.